The summed E-state index contributed by atoms with van der Waals surface area (Å²) in [6.07, 6.45) is 0.351. The summed E-state index contributed by atoms with van der Waals surface area (Å²) in [5.74, 6) is 1.28. The van der Waals surface area contributed by atoms with Gasteiger partial charge in [0, 0.05) is 24.5 Å². The van der Waals surface area contributed by atoms with Crippen LogP contribution >= 0.6 is 23.2 Å². The van der Waals surface area contributed by atoms with Crippen molar-refractivity contribution in [2.24, 2.45) is 0 Å². The number of benzene rings is 2. The largest absolute Gasteiger partial charge is 0.493 e. The second-order valence-corrected chi connectivity index (χ2v) is 6.82. The summed E-state index contributed by atoms with van der Waals surface area (Å²) in [7, 11) is 3.23. The first-order valence-corrected chi connectivity index (χ1v) is 9.40. The number of ether oxygens (including phenoxy) is 2. The number of nitrogens with zero attached hydrogens (tertiary/aromatic N) is 1. The number of halogens is 2. The Hall–Kier alpha value is -1.95. The molecule has 7 heteroatoms. The summed E-state index contributed by atoms with van der Waals surface area (Å²) in [5.41, 5.74) is 1.62. The highest BCUT2D eigenvalue weighted by Crippen LogP contribution is 2.28. The fraction of sp³-hybridized carbons (Fsp3) is 0.350. The highest BCUT2D eigenvalue weighted by molar-refractivity contribution is 6.35. The van der Waals surface area contributed by atoms with Gasteiger partial charge in [-0.2, -0.15) is 0 Å². The van der Waals surface area contributed by atoms with E-state index in [0.29, 0.717) is 46.7 Å². The Morgan fingerprint density at radius 2 is 1.81 bits per heavy atom. The van der Waals surface area contributed by atoms with Crippen LogP contribution in [0.25, 0.3) is 0 Å². The second-order valence-electron chi connectivity index (χ2n) is 5.98. The van der Waals surface area contributed by atoms with Crippen LogP contribution in [0.2, 0.25) is 10.0 Å². The first-order valence-electron chi connectivity index (χ1n) is 8.65. The lowest BCUT2D eigenvalue weighted by atomic mass is 10.2. The number of rotatable bonds is 9. The number of hydrogen-bond donors (Lipinski definition) is 1. The molecule has 0 aliphatic rings. The third-order valence-electron chi connectivity index (χ3n) is 4.16. The molecule has 0 heterocycles. The van der Waals surface area contributed by atoms with Crippen LogP contribution < -0.4 is 14.8 Å². The van der Waals surface area contributed by atoms with E-state index in [9.17, 15) is 4.79 Å². The molecule has 0 aliphatic carbocycles. The lowest BCUT2D eigenvalue weighted by Crippen LogP contribution is -2.27. The quantitative estimate of drug-likeness (QED) is 0.640. The van der Waals surface area contributed by atoms with Gasteiger partial charge in [0.2, 0.25) is 5.91 Å². The van der Waals surface area contributed by atoms with Crippen LogP contribution in [0.15, 0.2) is 36.4 Å². The Labute approximate surface area is 170 Å². The van der Waals surface area contributed by atoms with Crippen LogP contribution in [0.1, 0.15) is 18.9 Å². The molecule has 0 radical (unpaired) electrons. The van der Waals surface area contributed by atoms with Gasteiger partial charge in [-0.25, -0.2) is 0 Å². The van der Waals surface area contributed by atoms with Gasteiger partial charge in [-0.3, -0.25) is 9.69 Å². The maximum atomic E-state index is 12.3. The molecule has 0 saturated carbocycles. The standard InChI is InChI=1S/C20H24Cl2N2O3/c1-4-24(13-14-5-8-18(26-2)19(11-14)27-3)10-9-20(25)23-17-12-15(21)6-7-16(17)22/h5-8,11-12H,4,9-10,13H2,1-3H3,(H,23,25). The van der Waals surface area contributed by atoms with Gasteiger partial charge in [0.15, 0.2) is 11.5 Å². The van der Waals surface area contributed by atoms with Crippen LogP contribution in [-0.2, 0) is 11.3 Å². The van der Waals surface area contributed by atoms with Crippen molar-refractivity contribution in [3.8, 4) is 11.5 Å². The predicted molar refractivity (Wildman–Crippen MR) is 110 cm³/mol. The lowest BCUT2D eigenvalue weighted by Gasteiger charge is -2.21. The van der Waals surface area contributed by atoms with E-state index in [4.69, 9.17) is 32.7 Å². The van der Waals surface area contributed by atoms with Crippen molar-refractivity contribution < 1.29 is 14.3 Å². The Bertz CT molecular complexity index is 784. The zero-order chi connectivity index (χ0) is 19.8. The van der Waals surface area contributed by atoms with E-state index in [1.54, 1.807) is 32.4 Å². The van der Waals surface area contributed by atoms with Crippen molar-refractivity contribution in [3.05, 3.63) is 52.0 Å². The Balaban J connectivity index is 1.93. The molecule has 0 saturated heterocycles. The summed E-state index contributed by atoms with van der Waals surface area (Å²) < 4.78 is 10.6. The van der Waals surface area contributed by atoms with Gasteiger partial charge in [0.1, 0.15) is 0 Å². The van der Waals surface area contributed by atoms with E-state index in [2.05, 4.69) is 17.1 Å². The van der Waals surface area contributed by atoms with Crippen LogP contribution in [0.3, 0.4) is 0 Å². The average Bonchev–Trinajstić information content (AvgIpc) is 2.67. The molecule has 0 aliphatic heterocycles. The molecule has 1 amide bonds. The number of anilines is 1. The molecule has 0 unspecified atom stereocenters. The summed E-state index contributed by atoms with van der Waals surface area (Å²) >= 11 is 12.0. The van der Waals surface area contributed by atoms with E-state index in [0.717, 1.165) is 12.1 Å². The summed E-state index contributed by atoms with van der Waals surface area (Å²) in [6.45, 7) is 4.21. The highest BCUT2D eigenvalue weighted by Gasteiger charge is 2.11. The van der Waals surface area contributed by atoms with Crippen molar-refractivity contribution >= 4 is 34.8 Å². The van der Waals surface area contributed by atoms with Crippen molar-refractivity contribution in [3.63, 3.8) is 0 Å². The molecule has 27 heavy (non-hydrogen) atoms. The number of amides is 1. The Kier molecular flexibility index (Phi) is 8.23. The Morgan fingerprint density at radius 3 is 2.48 bits per heavy atom. The first-order chi connectivity index (χ1) is 13.0. The zero-order valence-electron chi connectivity index (χ0n) is 15.7. The monoisotopic (exact) mass is 410 g/mol. The van der Waals surface area contributed by atoms with E-state index in [1.807, 2.05) is 18.2 Å². The van der Waals surface area contributed by atoms with Gasteiger partial charge in [-0.15, -0.1) is 0 Å². The van der Waals surface area contributed by atoms with Gasteiger partial charge in [0.05, 0.1) is 24.9 Å². The first kappa shape index (κ1) is 21.4. The number of hydrogen-bond acceptors (Lipinski definition) is 4. The third-order valence-corrected chi connectivity index (χ3v) is 4.72. The molecule has 2 aromatic carbocycles. The summed E-state index contributed by atoms with van der Waals surface area (Å²) in [4.78, 5) is 14.4. The fourth-order valence-corrected chi connectivity index (χ4v) is 2.99. The predicted octanol–water partition coefficient (Wildman–Crippen LogP) is 4.86. The molecule has 0 atom stereocenters. The van der Waals surface area contributed by atoms with Crippen LogP contribution in [0.5, 0.6) is 11.5 Å². The van der Waals surface area contributed by atoms with Gasteiger partial charge in [-0.05, 0) is 42.4 Å². The summed E-state index contributed by atoms with van der Waals surface area (Å²) in [6, 6.07) is 10.8. The van der Waals surface area contributed by atoms with E-state index in [-0.39, 0.29) is 5.91 Å². The van der Waals surface area contributed by atoms with Crippen molar-refractivity contribution in [2.45, 2.75) is 19.9 Å². The molecule has 0 fully saturated rings. The molecule has 0 bridgehead atoms. The second kappa shape index (κ2) is 10.4. The van der Waals surface area contributed by atoms with Gasteiger partial charge < -0.3 is 14.8 Å². The molecule has 0 spiro atoms. The third kappa shape index (κ3) is 6.31. The lowest BCUT2D eigenvalue weighted by molar-refractivity contribution is -0.116. The minimum absolute atomic E-state index is 0.107. The highest BCUT2D eigenvalue weighted by atomic mass is 35.5. The normalized spacial score (nSPS) is 10.7. The average molecular weight is 411 g/mol. The molecule has 146 valence electrons. The van der Waals surface area contributed by atoms with Crippen LogP contribution in [0.4, 0.5) is 5.69 Å². The number of methoxy groups -OCH3 is 2. The minimum atomic E-state index is -0.107. The number of carbonyl (C=O) groups is 1. The van der Waals surface area contributed by atoms with Crippen molar-refractivity contribution in [1.29, 1.82) is 0 Å². The molecular formula is C20H24Cl2N2O3. The van der Waals surface area contributed by atoms with Crippen LogP contribution in [0, 0.1) is 0 Å². The van der Waals surface area contributed by atoms with Gasteiger partial charge >= 0.3 is 0 Å². The topological polar surface area (TPSA) is 50.8 Å². The molecule has 0 aromatic heterocycles. The van der Waals surface area contributed by atoms with E-state index < -0.39 is 0 Å². The molecular weight excluding hydrogens is 387 g/mol. The number of carbonyl (C=O) groups excluding carboxylic acids is 1. The van der Waals surface area contributed by atoms with E-state index in [1.165, 1.54) is 0 Å². The zero-order valence-corrected chi connectivity index (χ0v) is 17.2. The van der Waals surface area contributed by atoms with Crippen molar-refractivity contribution in [1.82, 2.24) is 4.90 Å². The minimum Gasteiger partial charge on any atom is -0.493 e. The number of nitrogens with one attached hydrogen (secondary N) is 1. The van der Waals surface area contributed by atoms with E-state index >= 15 is 0 Å². The summed E-state index contributed by atoms with van der Waals surface area (Å²) in [5, 5.41) is 3.80. The fourth-order valence-electron chi connectivity index (χ4n) is 2.65. The molecule has 5 nitrogen and oxygen atoms in total. The van der Waals surface area contributed by atoms with Gasteiger partial charge in [-0.1, -0.05) is 36.2 Å². The smallest absolute Gasteiger partial charge is 0.225 e. The molecule has 2 aromatic rings. The van der Waals surface area contributed by atoms with Gasteiger partial charge in [0.25, 0.3) is 0 Å². The van der Waals surface area contributed by atoms with Crippen molar-refractivity contribution in [2.75, 3.05) is 32.6 Å². The Morgan fingerprint density at radius 1 is 1.07 bits per heavy atom. The maximum Gasteiger partial charge on any atom is 0.225 e. The maximum absolute atomic E-state index is 12.3. The van der Waals surface area contributed by atoms with Crippen LogP contribution in [-0.4, -0.2) is 38.1 Å². The SMILES string of the molecule is CCN(CCC(=O)Nc1cc(Cl)ccc1Cl)Cc1ccc(OC)c(OC)c1. The molecule has 1 N–H and O–H groups in total. The molecule has 2 rings (SSSR count).